The zero-order valence-electron chi connectivity index (χ0n) is 12.2. The molecule has 1 aromatic heterocycles. The van der Waals surface area contributed by atoms with Gasteiger partial charge in [0.05, 0.1) is 10.9 Å². The quantitative estimate of drug-likeness (QED) is 0.679. The number of carbonyl (C=O) groups is 1. The van der Waals surface area contributed by atoms with Crippen molar-refractivity contribution in [1.82, 2.24) is 4.57 Å². The van der Waals surface area contributed by atoms with Gasteiger partial charge in [-0.25, -0.2) is 0 Å². The summed E-state index contributed by atoms with van der Waals surface area (Å²) >= 11 is 0. The van der Waals surface area contributed by atoms with Gasteiger partial charge in [-0.3, -0.25) is 4.79 Å². The van der Waals surface area contributed by atoms with Crippen LogP contribution >= 0.6 is 0 Å². The van der Waals surface area contributed by atoms with E-state index in [1.54, 1.807) is 0 Å². The summed E-state index contributed by atoms with van der Waals surface area (Å²) in [4.78, 5) is 11.3. The van der Waals surface area contributed by atoms with Crippen molar-refractivity contribution in [3.63, 3.8) is 0 Å². The van der Waals surface area contributed by atoms with Crippen LogP contribution in [0.4, 0.5) is 0 Å². The highest BCUT2D eigenvalue weighted by Gasteiger charge is 2.13. The average Bonchev–Trinajstić information content (AvgIpc) is 2.86. The molecule has 2 aromatic carbocycles. The minimum Gasteiger partial charge on any atom is -0.488 e. The Morgan fingerprint density at radius 3 is 2.62 bits per heavy atom. The Labute approximate surface area is 123 Å². The standard InChI is InChI=1S/C18H17NO2/c1-13-8-9-16(21-12-14-6-4-3-5-7-14)17-15(11-20)10-19(2)18(13)17/h3-11H,12H2,1-2H3. The summed E-state index contributed by atoms with van der Waals surface area (Å²) in [7, 11) is 1.95. The number of hydrogen-bond acceptors (Lipinski definition) is 2. The molecule has 0 amide bonds. The van der Waals surface area contributed by atoms with Crippen LogP contribution in [0.5, 0.6) is 5.75 Å². The highest BCUT2D eigenvalue weighted by molar-refractivity contribution is 6.02. The lowest BCUT2D eigenvalue weighted by atomic mass is 10.1. The second-order valence-corrected chi connectivity index (χ2v) is 5.19. The van der Waals surface area contributed by atoms with Crippen molar-refractivity contribution in [2.24, 2.45) is 7.05 Å². The first-order chi connectivity index (χ1) is 10.2. The third kappa shape index (κ3) is 2.42. The maximum Gasteiger partial charge on any atom is 0.152 e. The highest BCUT2D eigenvalue weighted by Crippen LogP contribution is 2.32. The van der Waals surface area contributed by atoms with Gasteiger partial charge < -0.3 is 9.30 Å². The highest BCUT2D eigenvalue weighted by atomic mass is 16.5. The molecule has 0 aliphatic carbocycles. The van der Waals surface area contributed by atoms with Gasteiger partial charge >= 0.3 is 0 Å². The molecular weight excluding hydrogens is 262 g/mol. The van der Waals surface area contributed by atoms with E-state index in [1.807, 2.05) is 67.2 Å². The van der Waals surface area contributed by atoms with E-state index in [4.69, 9.17) is 4.74 Å². The Hall–Kier alpha value is -2.55. The molecule has 0 aliphatic heterocycles. The molecule has 106 valence electrons. The van der Waals surface area contributed by atoms with Gasteiger partial charge in [-0.1, -0.05) is 36.4 Å². The Morgan fingerprint density at radius 2 is 1.90 bits per heavy atom. The number of aromatic nitrogens is 1. The Kier molecular flexibility index (Phi) is 3.48. The van der Waals surface area contributed by atoms with Crippen LogP contribution in [-0.4, -0.2) is 10.9 Å². The molecule has 0 saturated heterocycles. The third-order valence-electron chi connectivity index (χ3n) is 3.68. The summed E-state index contributed by atoms with van der Waals surface area (Å²) in [6, 6.07) is 14.0. The van der Waals surface area contributed by atoms with Crippen molar-refractivity contribution in [2.45, 2.75) is 13.5 Å². The number of nitrogens with zero attached hydrogens (tertiary/aromatic N) is 1. The predicted octanol–water partition coefficient (Wildman–Crippen LogP) is 3.88. The first-order valence-electron chi connectivity index (χ1n) is 6.91. The van der Waals surface area contributed by atoms with Crippen molar-refractivity contribution in [1.29, 1.82) is 0 Å². The van der Waals surface area contributed by atoms with Crippen molar-refractivity contribution in [2.75, 3.05) is 0 Å². The number of rotatable bonds is 4. The Morgan fingerprint density at radius 1 is 1.14 bits per heavy atom. The van der Waals surface area contributed by atoms with Gasteiger partial charge in [0.25, 0.3) is 0 Å². The number of hydrogen-bond donors (Lipinski definition) is 0. The van der Waals surface area contributed by atoms with E-state index in [0.717, 1.165) is 34.1 Å². The fraction of sp³-hybridized carbons (Fsp3) is 0.167. The van der Waals surface area contributed by atoms with Gasteiger partial charge in [0.1, 0.15) is 12.4 Å². The molecule has 3 heteroatoms. The van der Waals surface area contributed by atoms with Crippen LogP contribution in [0.3, 0.4) is 0 Å². The summed E-state index contributed by atoms with van der Waals surface area (Å²) in [6.07, 6.45) is 2.73. The minimum absolute atomic E-state index is 0.492. The number of aldehydes is 1. The van der Waals surface area contributed by atoms with E-state index in [-0.39, 0.29) is 0 Å². The van der Waals surface area contributed by atoms with E-state index in [2.05, 4.69) is 0 Å². The topological polar surface area (TPSA) is 31.2 Å². The van der Waals surface area contributed by atoms with Gasteiger partial charge in [0.2, 0.25) is 0 Å². The summed E-state index contributed by atoms with van der Waals surface area (Å²) in [6.45, 7) is 2.53. The van der Waals surface area contributed by atoms with E-state index in [0.29, 0.717) is 12.2 Å². The van der Waals surface area contributed by atoms with Gasteiger partial charge in [-0.2, -0.15) is 0 Å². The fourth-order valence-electron chi connectivity index (χ4n) is 2.69. The van der Waals surface area contributed by atoms with Crippen LogP contribution < -0.4 is 4.74 Å². The van der Waals surface area contributed by atoms with Crippen molar-refractivity contribution >= 4 is 17.2 Å². The van der Waals surface area contributed by atoms with Crippen LogP contribution in [0.1, 0.15) is 21.5 Å². The van der Waals surface area contributed by atoms with Gasteiger partial charge in [0, 0.05) is 18.8 Å². The van der Waals surface area contributed by atoms with Gasteiger partial charge in [-0.15, -0.1) is 0 Å². The number of aryl methyl sites for hydroxylation is 2. The van der Waals surface area contributed by atoms with Crippen LogP contribution in [-0.2, 0) is 13.7 Å². The first kappa shape index (κ1) is 13.4. The predicted molar refractivity (Wildman–Crippen MR) is 83.8 cm³/mol. The van der Waals surface area contributed by atoms with E-state index >= 15 is 0 Å². The third-order valence-corrected chi connectivity index (χ3v) is 3.68. The van der Waals surface area contributed by atoms with Crippen molar-refractivity contribution in [3.05, 3.63) is 65.4 Å². The molecule has 0 fully saturated rings. The summed E-state index contributed by atoms with van der Waals surface area (Å²) < 4.78 is 7.92. The molecule has 0 aliphatic rings. The normalized spacial score (nSPS) is 10.8. The summed E-state index contributed by atoms with van der Waals surface area (Å²) in [5, 5.41) is 0.892. The molecule has 3 nitrogen and oxygen atoms in total. The van der Waals surface area contributed by atoms with E-state index in [9.17, 15) is 4.79 Å². The molecule has 0 spiro atoms. The lowest BCUT2D eigenvalue weighted by Gasteiger charge is -2.10. The molecule has 0 atom stereocenters. The fourth-order valence-corrected chi connectivity index (χ4v) is 2.69. The maximum absolute atomic E-state index is 11.3. The van der Waals surface area contributed by atoms with Gasteiger partial charge in [0.15, 0.2) is 6.29 Å². The zero-order chi connectivity index (χ0) is 14.8. The Bertz CT molecular complexity index is 788. The van der Waals surface area contributed by atoms with Crippen LogP contribution in [0.15, 0.2) is 48.7 Å². The SMILES string of the molecule is Cc1ccc(OCc2ccccc2)c2c(C=O)cn(C)c12. The first-order valence-corrected chi connectivity index (χ1v) is 6.91. The molecule has 0 bridgehead atoms. The molecule has 1 heterocycles. The molecule has 3 aromatic rings. The molecule has 21 heavy (non-hydrogen) atoms. The smallest absolute Gasteiger partial charge is 0.152 e. The zero-order valence-corrected chi connectivity index (χ0v) is 12.2. The molecular formula is C18H17NO2. The second kappa shape index (κ2) is 5.44. The summed E-state index contributed by atoms with van der Waals surface area (Å²) in [5.74, 6) is 0.752. The van der Waals surface area contributed by atoms with Crippen molar-refractivity contribution < 1.29 is 9.53 Å². The Balaban J connectivity index is 2.02. The minimum atomic E-state index is 0.492. The molecule has 0 radical (unpaired) electrons. The average molecular weight is 279 g/mol. The molecule has 0 saturated carbocycles. The van der Waals surface area contributed by atoms with Gasteiger partial charge in [-0.05, 0) is 24.1 Å². The molecule has 0 unspecified atom stereocenters. The number of benzene rings is 2. The molecule has 3 rings (SSSR count). The number of carbonyl (C=O) groups excluding carboxylic acids is 1. The lowest BCUT2D eigenvalue weighted by molar-refractivity contribution is 0.112. The van der Waals surface area contributed by atoms with E-state index in [1.165, 1.54) is 0 Å². The number of ether oxygens (including phenoxy) is 1. The monoisotopic (exact) mass is 279 g/mol. The molecule has 0 N–H and O–H groups in total. The largest absolute Gasteiger partial charge is 0.488 e. The maximum atomic E-state index is 11.3. The van der Waals surface area contributed by atoms with Crippen LogP contribution in [0.25, 0.3) is 10.9 Å². The van der Waals surface area contributed by atoms with Crippen molar-refractivity contribution in [3.8, 4) is 5.75 Å². The van der Waals surface area contributed by atoms with Crippen LogP contribution in [0.2, 0.25) is 0 Å². The number of fused-ring (bicyclic) bond motifs is 1. The second-order valence-electron chi connectivity index (χ2n) is 5.19. The summed E-state index contributed by atoms with van der Waals surface area (Å²) in [5.41, 5.74) is 3.95. The van der Waals surface area contributed by atoms with Crippen LogP contribution in [0, 0.1) is 6.92 Å². The lowest BCUT2D eigenvalue weighted by Crippen LogP contribution is -1.97. The van der Waals surface area contributed by atoms with E-state index < -0.39 is 0 Å².